The van der Waals surface area contributed by atoms with Crippen LogP contribution in [-0.4, -0.2) is 41.0 Å². The number of allylic oxidation sites excluding steroid dienone is 1. The van der Waals surface area contributed by atoms with E-state index in [1.54, 1.807) is 0 Å². The molecule has 3 aliphatic rings. The number of esters is 2. The minimum absolute atomic E-state index is 0.0471. The monoisotopic (exact) mass is 478 g/mol. The number of ether oxygens (including phenoxy) is 3. The van der Waals surface area contributed by atoms with Gasteiger partial charge in [0.15, 0.2) is 0 Å². The third-order valence-corrected chi connectivity index (χ3v) is 7.97. The van der Waals surface area contributed by atoms with Gasteiger partial charge in [0.1, 0.15) is 0 Å². The molecule has 2 aliphatic carbocycles. The van der Waals surface area contributed by atoms with Crippen molar-refractivity contribution in [3.05, 3.63) is 12.2 Å². The molecule has 7 nitrogen and oxygen atoms in total. The summed E-state index contributed by atoms with van der Waals surface area (Å²) in [5, 5.41) is 9.60. The standard InChI is InChI=1S/C27H42O7/c1-18-13-14-22(12-6-4-5-9-21-10-7-8-11-21)23(18)17-25-24(32-25)15-16-27(26(30)31,33-19(2)28)34-20(3)29/h21-25H,1,4-17H2,2-3H3,(H,30,31)/t22-,23-,24?,25+/m0/s1. The molecule has 4 atom stereocenters. The van der Waals surface area contributed by atoms with Crippen LogP contribution in [-0.2, 0) is 28.6 Å². The molecule has 3 rings (SSSR count). The van der Waals surface area contributed by atoms with Crippen molar-refractivity contribution in [3.63, 3.8) is 0 Å². The van der Waals surface area contributed by atoms with Crippen molar-refractivity contribution in [2.45, 2.75) is 122 Å². The van der Waals surface area contributed by atoms with Crippen molar-refractivity contribution in [2.24, 2.45) is 17.8 Å². The highest BCUT2D eigenvalue weighted by Crippen LogP contribution is 2.45. The Balaban J connectivity index is 1.42. The van der Waals surface area contributed by atoms with Crippen LogP contribution in [0.3, 0.4) is 0 Å². The summed E-state index contributed by atoms with van der Waals surface area (Å²) in [4.78, 5) is 34.7. The molecule has 1 aliphatic heterocycles. The molecular weight excluding hydrogens is 436 g/mol. The fraction of sp³-hybridized carbons (Fsp3) is 0.815. The highest BCUT2D eigenvalue weighted by Gasteiger charge is 2.50. The minimum Gasteiger partial charge on any atom is -0.475 e. The van der Waals surface area contributed by atoms with Crippen LogP contribution in [0.1, 0.15) is 104 Å². The highest BCUT2D eigenvalue weighted by atomic mass is 16.7. The number of rotatable bonds is 14. The first-order valence-corrected chi connectivity index (χ1v) is 13.2. The number of unbranched alkanes of at least 4 members (excludes halogenated alkanes) is 2. The quantitative estimate of drug-likeness (QED) is 0.115. The lowest BCUT2D eigenvalue weighted by molar-refractivity contribution is -0.237. The van der Waals surface area contributed by atoms with E-state index in [2.05, 4.69) is 6.58 Å². The maximum Gasteiger partial charge on any atom is 0.390 e. The minimum atomic E-state index is -2.30. The van der Waals surface area contributed by atoms with Gasteiger partial charge in [-0.25, -0.2) is 4.79 Å². The summed E-state index contributed by atoms with van der Waals surface area (Å²) in [5.74, 6) is -3.33. The molecule has 192 valence electrons. The van der Waals surface area contributed by atoms with Gasteiger partial charge in [0.05, 0.1) is 12.2 Å². The van der Waals surface area contributed by atoms with Crippen LogP contribution in [0.15, 0.2) is 12.2 Å². The Morgan fingerprint density at radius 1 is 0.971 bits per heavy atom. The lowest BCUT2D eigenvalue weighted by Crippen LogP contribution is -2.47. The van der Waals surface area contributed by atoms with Crippen molar-refractivity contribution in [1.29, 1.82) is 0 Å². The SMILES string of the molecule is C=C1CC[C@H](CCCCCC2CCCC2)[C@H]1C[C@H]1OC1CCC(OC(C)=O)(OC(C)=O)C(=O)O. The lowest BCUT2D eigenvalue weighted by atomic mass is 9.85. The summed E-state index contributed by atoms with van der Waals surface area (Å²) in [7, 11) is 0. The smallest absolute Gasteiger partial charge is 0.390 e. The summed E-state index contributed by atoms with van der Waals surface area (Å²) >= 11 is 0. The maximum absolute atomic E-state index is 11.8. The van der Waals surface area contributed by atoms with Crippen LogP contribution in [0, 0.1) is 17.8 Å². The number of epoxide rings is 1. The molecule has 7 heteroatoms. The zero-order valence-electron chi connectivity index (χ0n) is 20.9. The molecule has 1 saturated heterocycles. The van der Waals surface area contributed by atoms with Crippen LogP contribution in [0.25, 0.3) is 0 Å². The van der Waals surface area contributed by atoms with Crippen LogP contribution in [0.5, 0.6) is 0 Å². The Morgan fingerprint density at radius 3 is 2.24 bits per heavy atom. The molecule has 0 aromatic carbocycles. The Kier molecular flexibility index (Phi) is 9.57. The van der Waals surface area contributed by atoms with Gasteiger partial charge in [-0.2, -0.15) is 0 Å². The van der Waals surface area contributed by atoms with Gasteiger partial charge < -0.3 is 19.3 Å². The molecule has 0 amide bonds. The molecule has 3 fully saturated rings. The Labute approximate surface area is 203 Å². The van der Waals surface area contributed by atoms with Crippen LogP contribution in [0.2, 0.25) is 0 Å². The third kappa shape index (κ3) is 7.56. The Bertz CT molecular complexity index is 723. The average molecular weight is 479 g/mol. The van der Waals surface area contributed by atoms with E-state index < -0.39 is 23.7 Å². The molecular formula is C27H42O7. The van der Waals surface area contributed by atoms with Crippen LogP contribution < -0.4 is 0 Å². The van der Waals surface area contributed by atoms with Gasteiger partial charge in [-0.3, -0.25) is 9.59 Å². The largest absolute Gasteiger partial charge is 0.475 e. The topological polar surface area (TPSA) is 102 Å². The fourth-order valence-electron chi connectivity index (χ4n) is 6.12. The second-order valence-electron chi connectivity index (χ2n) is 10.6. The fourth-order valence-corrected chi connectivity index (χ4v) is 6.12. The summed E-state index contributed by atoms with van der Waals surface area (Å²) in [6.45, 7) is 6.50. The maximum atomic E-state index is 11.8. The normalized spacial score (nSPS) is 27.1. The van der Waals surface area contributed by atoms with E-state index in [1.165, 1.54) is 69.8 Å². The third-order valence-electron chi connectivity index (χ3n) is 7.97. The number of carboxylic acids is 1. The molecule has 2 saturated carbocycles. The summed E-state index contributed by atoms with van der Waals surface area (Å²) in [6, 6.07) is 0. The molecule has 0 radical (unpaired) electrons. The molecule has 0 spiro atoms. The van der Waals surface area contributed by atoms with E-state index in [0.29, 0.717) is 18.3 Å². The number of hydrogen-bond acceptors (Lipinski definition) is 6. The summed E-state index contributed by atoms with van der Waals surface area (Å²) in [6.07, 6.45) is 15.6. The molecule has 1 heterocycles. The average Bonchev–Trinajstić information content (AvgIpc) is 3.11. The molecule has 0 aromatic rings. The first-order valence-electron chi connectivity index (χ1n) is 13.2. The van der Waals surface area contributed by atoms with Crippen molar-refractivity contribution in [2.75, 3.05) is 0 Å². The Morgan fingerprint density at radius 2 is 1.62 bits per heavy atom. The van der Waals surface area contributed by atoms with Crippen LogP contribution in [0.4, 0.5) is 0 Å². The van der Waals surface area contributed by atoms with E-state index in [0.717, 1.165) is 32.6 Å². The second kappa shape index (κ2) is 12.2. The van der Waals surface area contributed by atoms with Crippen molar-refractivity contribution < 1.29 is 33.7 Å². The number of hydrogen-bond donors (Lipinski definition) is 1. The van der Waals surface area contributed by atoms with Gasteiger partial charge in [0.2, 0.25) is 0 Å². The first kappa shape index (κ1) is 26.7. The number of aliphatic carboxylic acids is 1. The van der Waals surface area contributed by atoms with Gasteiger partial charge in [0, 0.05) is 20.3 Å². The van der Waals surface area contributed by atoms with Crippen LogP contribution >= 0.6 is 0 Å². The number of carbonyl (C=O) groups is 3. The number of carbonyl (C=O) groups excluding carboxylic acids is 2. The van der Waals surface area contributed by atoms with Gasteiger partial charge >= 0.3 is 23.7 Å². The zero-order valence-corrected chi connectivity index (χ0v) is 20.9. The van der Waals surface area contributed by atoms with E-state index in [4.69, 9.17) is 14.2 Å². The predicted octanol–water partition coefficient (Wildman–Crippen LogP) is 5.55. The summed E-state index contributed by atoms with van der Waals surface area (Å²) in [5.41, 5.74) is 1.31. The van der Waals surface area contributed by atoms with E-state index in [-0.39, 0.29) is 18.6 Å². The van der Waals surface area contributed by atoms with Crippen molar-refractivity contribution in [1.82, 2.24) is 0 Å². The molecule has 34 heavy (non-hydrogen) atoms. The van der Waals surface area contributed by atoms with Gasteiger partial charge in [-0.15, -0.1) is 0 Å². The Hall–Kier alpha value is -1.89. The zero-order chi connectivity index (χ0) is 24.7. The van der Waals surface area contributed by atoms with Gasteiger partial charge in [-0.05, 0) is 49.9 Å². The second-order valence-corrected chi connectivity index (χ2v) is 10.6. The molecule has 0 aromatic heterocycles. The van der Waals surface area contributed by atoms with Gasteiger partial charge in [0.25, 0.3) is 0 Å². The molecule has 1 N–H and O–H groups in total. The number of carboxylic acid groups (broad SMARTS) is 1. The van der Waals surface area contributed by atoms with E-state index in [1.807, 2.05) is 0 Å². The van der Waals surface area contributed by atoms with Crippen molar-refractivity contribution in [3.8, 4) is 0 Å². The lowest BCUT2D eigenvalue weighted by Gasteiger charge is -2.27. The van der Waals surface area contributed by atoms with E-state index in [9.17, 15) is 19.5 Å². The first-order chi connectivity index (χ1) is 16.2. The molecule has 0 bridgehead atoms. The predicted molar refractivity (Wildman–Crippen MR) is 127 cm³/mol. The summed E-state index contributed by atoms with van der Waals surface area (Å²) < 4.78 is 15.7. The van der Waals surface area contributed by atoms with Gasteiger partial charge in [-0.1, -0.05) is 63.5 Å². The van der Waals surface area contributed by atoms with E-state index >= 15 is 0 Å². The van der Waals surface area contributed by atoms with Crippen molar-refractivity contribution >= 4 is 17.9 Å². The molecule has 1 unspecified atom stereocenters. The highest BCUT2D eigenvalue weighted by molar-refractivity contribution is 5.82.